The summed E-state index contributed by atoms with van der Waals surface area (Å²) in [5, 5.41) is 4.37. The molecular weight excluding hydrogens is 300 g/mol. The number of rotatable bonds is 6. The van der Waals surface area contributed by atoms with Crippen LogP contribution in [-0.4, -0.2) is 31.0 Å². The summed E-state index contributed by atoms with van der Waals surface area (Å²) in [5.41, 5.74) is 1.92. The molecule has 1 N–H and O–H groups in total. The molecule has 1 aromatic carbocycles. The third-order valence-electron chi connectivity index (χ3n) is 4.90. The number of carbonyl (C=O) groups excluding carboxylic acids is 1. The van der Waals surface area contributed by atoms with Gasteiger partial charge in [0.25, 0.3) is 0 Å². The van der Waals surface area contributed by atoms with Crippen molar-refractivity contribution in [3.63, 3.8) is 0 Å². The summed E-state index contributed by atoms with van der Waals surface area (Å²) in [4.78, 5) is 17.0. The van der Waals surface area contributed by atoms with Gasteiger partial charge in [0.15, 0.2) is 0 Å². The van der Waals surface area contributed by atoms with Gasteiger partial charge in [-0.15, -0.1) is 6.58 Å². The molecule has 0 saturated carbocycles. The van der Waals surface area contributed by atoms with E-state index in [9.17, 15) is 4.79 Å². The van der Waals surface area contributed by atoms with Crippen LogP contribution in [0.15, 0.2) is 43.1 Å². The standard InChI is InChI=1S/C20H24N2O2/c1-3-14-13-21-8-6-15(14)10-17(23)11-16-7-9-22-20-5-4-18(24-2)12-19(16)20/h3-5,7,9,12,14-15,21H,1,6,8,10-11,13H2,2H3/t14-,15-/m0/s1. The number of piperidine rings is 1. The zero-order valence-corrected chi connectivity index (χ0v) is 14.1. The van der Waals surface area contributed by atoms with Gasteiger partial charge >= 0.3 is 0 Å². The summed E-state index contributed by atoms with van der Waals surface area (Å²) in [7, 11) is 1.65. The van der Waals surface area contributed by atoms with E-state index in [1.807, 2.05) is 30.3 Å². The first-order valence-electron chi connectivity index (χ1n) is 8.48. The quantitative estimate of drug-likeness (QED) is 0.829. The molecule has 0 unspecified atom stereocenters. The molecule has 2 aromatic rings. The number of nitrogens with zero attached hydrogens (tertiary/aromatic N) is 1. The molecule has 1 aliphatic rings. The van der Waals surface area contributed by atoms with E-state index < -0.39 is 0 Å². The Morgan fingerprint density at radius 1 is 1.46 bits per heavy atom. The van der Waals surface area contributed by atoms with Crippen LogP contribution in [0.25, 0.3) is 10.9 Å². The number of ketones is 1. The number of aromatic nitrogens is 1. The van der Waals surface area contributed by atoms with Gasteiger partial charge in [0, 0.05) is 31.0 Å². The molecular formula is C20H24N2O2. The number of nitrogens with one attached hydrogen (secondary N) is 1. The zero-order chi connectivity index (χ0) is 16.9. The number of pyridine rings is 1. The van der Waals surface area contributed by atoms with Gasteiger partial charge in [0.2, 0.25) is 0 Å². The molecule has 1 aromatic heterocycles. The summed E-state index contributed by atoms with van der Waals surface area (Å²) in [5.74, 6) is 1.86. The largest absolute Gasteiger partial charge is 0.497 e. The van der Waals surface area contributed by atoms with Crippen LogP contribution in [0.5, 0.6) is 5.75 Å². The van der Waals surface area contributed by atoms with Crippen molar-refractivity contribution >= 4 is 16.7 Å². The Morgan fingerprint density at radius 2 is 2.33 bits per heavy atom. The molecule has 2 heterocycles. The predicted molar refractivity (Wildman–Crippen MR) is 96.3 cm³/mol. The van der Waals surface area contributed by atoms with Crippen LogP contribution in [0.3, 0.4) is 0 Å². The third-order valence-corrected chi connectivity index (χ3v) is 4.90. The van der Waals surface area contributed by atoms with Crippen LogP contribution >= 0.6 is 0 Å². The maximum Gasteiger partial charge on any atom is 0.137 e. The average Bonchev–Trinajstić information content (AvgIpc) is 2.62. The molecule has 126 valence electrons. The summed E-state index contributed by atoms with van der Waals surface area (Å²) < 4.78 is 5.30. The Hall–Kier alpha value is -2.20. The molecule has 0 aliphatic carbocycles. The van der Waals surface area contributed by atoms with Crippen molar-refractivity contribution in [2.75, 3.05) is 20.2 Å². The van der Waals surface area contributed by atoms with Gasteiger partial charge in [-0.25, -0.2) is 0 Å². The van der Waals surface area contributed by atoms with Gasteiger partial charge in [-0.3, -0.25) is 9.78 Å². The molecule has 4 nitrogen and oxygen atoms in total. The van der Waals surface area contributed by atoms with Gasteiger partial charge in [0.05, 0.1) is 12.6 Å². The number of methoxy groups -OCH3 is 1. The Balaban J connectivity index is 1.76. The molecule has 4 heteroatoms. The smallest absolute Gasteiger partial charge is 0.137 e. The van der Waals surface area contributed by atoms with E-state index >= 15 is 0 Å². The van der Waals surface area contributed by atoms with E-state index in [2.05, 4.69) is 16.9 Å². The number of fused-ring (bicyclic) bond motifs is 1. The second kappa shape index (κ2) is 7.58. The van der Waals surface area contributed by atoms with Crippen LogP contribution in [-0.2, 0) is 11.2 Å². The lowest BCUT2D eigenvalue weighted by molar-refractivity contribution is -0.119. The molecule has 2 atom stereocenters. The fourth-order valence-electron chi connectivity index (χ4n) is 3.51. The van der Waals surface area contributed by atoms with Crippen LogP contribution in [0.4, 0.5) is 0 Å². The normalized spacial score (nSPS) is 20.7. The van der Waals surface area contributed by atoms with Gasteiger partial charge < -0.3 is 10.1 Å². The van der Waals surface area contributed by atoms with Crippen molar-refractivity contribution in [3.05, 3.63) is 48.7 Å². The monoisotopic (exact) mass is 324 g/mol. The Morgan fingerprint density at radius 3 is 3.12 bits per heavy atom. The molecule has 0 bridgehead atoms. The number of hydrogen-bond acceptors (Lipinski definition) is 4. The molecule has 1 saturated heterocycles. The fourth-order valence-corrected chi connectivity index (χ4v) is 3.51. The maximum atomic E-state index is 12.6. The number of benzene rings is 1. The highest BCUT2D eigenvalue weighted by Gasteiger charge is 2.24. The molecule has 0 spiro atoms. The molecule has 0 radical (unpaired) electrons. The van der Waals surface area contributed by atoms with Crippen molar-refractivity contribution in [1.82, 2.24) is 10.3 Å². The Bertz CT molecular complexity index is 741. The topological polar surface area (TPSA) is 51.2 Å². The lowest BCUT2D eigenvalue weighted by atomic mass is 9.82. The van der Waals surface area contributed by atoms with Crippen LogP contribution in [0.1, 0.15) is 18.4 Å². The van der Waals surface area contributed by atoms with Gasteiger partial charge in [0.1, 0.15) is 11.5 Å². The van der Waals surface area contributed by atoms with Crippen LogP contribution in [0.2, 0.25) is 0 Å². The van der Waals surface area contributed by atoms with Crippen molar-refractivity contribution in [1.29, 1.82) is 0 Å². The Kier molecular flexibility index (Phi) is 5.26. The summed E-state index contributed by atoms with van der Waals surface area (Å²) >= 11 is 0. The van der Waals surface area contributed by atoms with Crippen LogP contribution < -0.4 is 10.1 Å². The van der Waals surface area contributed by atoms with E-state index in [1.165, 1.54) is 0 Å². The van der Waals surface area contributed by atoms with Crippen molar-refractivity contribution in [3.8, 4) is 5.75 Å². The minimum Gasteiger partial charge on any atom is -0.497 e. The SMILES string of the molecule is C=C[C@H]1CNCC[C@H]1CC(=O)Cc1ccnc2ccc(OC)cc12. The van der Waals surface area contributed by atoms with Gasteiger partial charge in [-0.2, -0.15) is 0 Å². The first-order valence-corrected chi connectivity index (χ1v) is 8.48. The average molecular weight is 324 g/mol. The second-order valence-electron chi connectivity index (χ2n) is 6.43. The zero-order valence-electron chi connectivity index (χ0n) is 14.1. The minimum absolute atomic E-state index is 0.282. The lowest BCUT2D eigenvalue weighted by Crippen LogP contribution is -2.36. The minimum atomic E-state index is 0.282. The molecule has 0 amide bonds. The molecule has 3 rings (SSSR count). The van der Waals surface area contributed by atoms with Gasteiger partial charge in [-0.1, -0.05) is 6.08 Å². The van der Waals surface area contributed by atoms with E-state index in [0.717, 1.165) is 41.7 Å². The first-order chi connectivity index (χ1) is 11.7. The molecule has 1 fully saturated rings. The van der Waals surface area contributed by atoms with Crippen molar-refractivity contribution in [2.45, 2.75) is 19.3 Å². The van der Waals surface area contributed by atoms with E-state index in [0.29, 0.717) is 24.7 Å². The lowest BCUT2D eigenvalue weighted by Gasteiger charge is -2.29. The first kappa shape index (κ1) is 16.7. The highest BCUT2D eigenvalue weighted by molar-refractivity contribution is 5.89. The summed E-state index contributed by atoms with van der Waals surface area (Å²) in [6, 6.07) is 7.72. The number of ether oxygens (including phenoxy) is 1. The number of carbonyl (C=O) groups is 1. The molecule has 1 aliphatic heterocycles. The maximum absolute atomic E-state index is 12.6. The summed E-state index contributed by atoms with van der Waals surface area (Å²) in [6.45, 7) is 5.82. The second-order valence-corrected chi connectivity index (χ2v) is 6.43. The van der Waals surface area contributed by atoms with Crippen molar-refractivity contribution < 1.29 is 9.53 Å². The van der Waals surface area contributed by atoms with E-state index in [4.69, 9.17) is 4.74 Å². The highest BCUT2D eigenvalue weighted by atomic mass is 16.5. The highest BCUT2D eigenvalue weighted by Crippen LogP contribution is 2.26. The van der Waals surface area contributed by atoms with Crippen LogP contribution in [0, 0.1) is 11.8 Å². The number of hydrogen-bond donors (Lipinski definition) is 1. The molecule has 24 heavy (non-hydrogen) atoms. The Labute approximate surface area is 142 Å². The van der Waals surface area contributed by atoms with E-state index in [1.54, 1.807) is 13.3 Å². The van der Waals surface area contributed by atoms with Gasteiger partial charge in [-0.05, 0) is 54.6 Å². The van der Waals surface area contributed by atoms with Crippen molar-refractivity contribution in [2.24, 2.45) is 11.8 Å². The number of Topliss-reactive ketones (excluding diaryl/α,β-unsaturated/α-hetero) is 1. The van der Waals surface area contributed by atoms with E-state index in [-0.39, 0.29) is 5.78 Å². The third kappa shape index (κ3) is 3.65. The fraction of sp³-hybridized carbons (Fsp3) is 0.400. The summed E-state index contributed by atoms with van der Waals surface area (Å²) in [6.07, 6.45) is 5.85. The predicted octanol–water partition coefficient (Wildman–Crippen LogP) is 3.16.